The van der Waals surface area contributed by atoms with Gasteiger partial charge in [-0.2, -0.15) is 0 Å². The Morgan fingerprint density at radius 2 is 1.92 bits per heavy atom. The first kappa shape index (κ1) is 18.7. The van der Waals surface area contributed by atoms with Gasteiger partial charge in [-0.25, -0.2) is 0 Å². The summed E-state index contributed by atoms with van der Waals surface area (Å²) in [5.74, 6) is 0.721. The van der Waals surface area contributed by atoms with E-state index in [0.29, 0.717) is 19.5 Å². The van der Waals surface area contributed by atoms with E-state index in [4.69, 9.17) is 10.5 Å². The summed E-state index contributed by atoms with van der Waals surface area (Å²) < 4.78 is 5.25. The molecule has 2 fully saturated rings. The second-order valence-corrected chi connectivity index (χ2v) is 7.38. The monoisotopic (exact) mass is 359 g/mol. The molecule has 3 N–H and O–H groups in total. The zero-order valence-corrected chi connectivity index (χ0v) is 15.7. The van der Waals surface area contributed by atoms with E-state index in [0.717, 1.165) is 37.0 Å². The molecule has 0 bridgehead atoms. The van der Waals surface area contributed by atoms with Gasteiger partial charge in [0.15, 0.2) is 0 Å². The summed E-state index contributed by atoms with van der Waals surface area (Å²) in [6.45, 7) is 2.88. The molecule has 2 aliphatic rings. The fourth-order valence-corrected chi connectivity index (χ4v) is 4.42. The van der Waals surface area contributed by atoms with E-state index >= 15 is 0 Å². The third-order valence-electron chi connectivity index (χ3n) is 5.76. The average molecular weight is 359 g/mol. The van der Waals surface area contributed by atoms with Gasteiger partial charge in [-0.05, 0) is 43.9 Å². The van der Waals surface area contributed by atoms with Crippen molar-refractivity contribution in [2.45, 2.75) is 56.5 Å². The van der Waals surface area contributed by atoms with Crippen molar-refractivity contribution in [3.8, 4) is 5.75 Å². The number of hydrogen-bond acceptors (Lipinski definition) is 4. The van der Waals surface area contributed by atoms with Crippen molar-refractivity contribution in [3.63, 3.8) is 0 Å². The number of ether oxygens (including phenoxy) is 1. The van der Waals surface area contributed by atoms with Crippen LogP contribution in [0.3, 0.4) is 0 Å². The molecule has 1 aliphatic carbocycles. The van der Waals surface area contributed by atoms with Gasteiger partial charge >= 0.3 is 0 Å². The van der Waals surface area contributed by atoms with E-state index in [1.165, 1.54) is 0 Å². The topological polar surface area (TPSA) is 84.7 Å². The van der Waals surface area contributed by atoms with Crippen molar-refractivity contribution in [2.75, 3.05) is 20.2 Å². The highest BCUT2D eigenvalue weighted by Crippen LogP contribution is 2.44. The number of benzene rings is 1. The van der Waals surface area contributed by atoms with Gasteiger partial charge in [0, 0.05) is 19.1 Å². The van der Waals surface area contributed by atoms with E-state index in [1.54, 1.807) is 12.0 Å². The van der Waals surface area contributed by atoms with Gasteiger partial charge in [0.2, 0.25) is 11.8 Å². The molecule has 6 heteroatoms. The third kappa shape index (κ3) is 3.30. The number of amides is 2. The van der Waals surface area contributed by atoms with Gasteiger partial charge < -0.3 is 20.7 Å². The molecule has 26 heavy (non-hydrogen) atoms. The maximum atomic E-state index is 13.6. The van der Waals surface area contributed by atoms with Crippen LogP contribution in [0.4, 0.5) is 0 Å². The molecule has 0 radical (unpaired) electrons. The summed E-state index contributed by atoms with van der Waals surface area (Å²) in [5.41, 5.74) is 6.57. The number of carbonyl (C=O) groups excluding carboxylic acids is 2. The molecule has 0 aromatic heterocycles. The van der Waals surface area contributed by atoms with Crippen LogP contribution in [-0.4, -0.2) is 49.0 Å². The maximum Gasteiger partial charge on any atom is 0.242 e. The molecule has 1 aromatic rings. The first-order valence-corrected chi connectivity index (χ1v) is 9.50. The highest BCUT2D eigenvalue weighted by Gasteiger charge is 2.49. The Morgan fingerprint density at radius 3 is 2.50 bits per heavy atom. The highest BCUT2D eigenvalue weighted by atomic mass is 16.5. The Labute approximate surface area is 155 Å². The lowest BCUT2D eigenvalue weighted by atomic mass is 9.77. The minimum absolute atomic E-state index is 0.0457. The Kier molecular flexibility index (Phi) is 5.51. The van der Waals surface area contributed by atoms with Crippen molar-refractivity contribution in [1.29, 1.82) is 0 Å². The average Bonchev–Trinajstić information content (AvgIpc) is 3.29. The molecule has 0 unspecified atom stereocenters. The first-order chi connectivity index (χ1) is 12.5. The molecular formula is C20H29N3O3. The van der Waals surface area contributed by atoms with Gasteiger partial charge in [-0.1, -0.05) is 25.0 Å². The molecule has 1 saturated carbocycles. The second-order valence-electron chi connectivity index (χ2n) is 7.38. The van der Waals surface area contributed by atoms with E-state index < -0.39 is 11.5 Å². The molecule has 1 saturated heterocycles. The van der Waals surface area contributed by atoms with Crippen LogP contribution < -0.4 is 15.8 Å². The number of methoxy groups -OCH3 is 1. The maximum absolute atomic E-state index is 13.6. The smallest absolute Gasteiger partial charge is 0.242 e. The lowest BCUT2D eigenvalue weighted by Gasteiger charge is -2.35. The van der Waals surface area contributed by atoms with Crippen LogP contribution in [0.25, 0.3) is 0 Å². The van der Waals surface area contributed by atoms with Gasteiger partial charge in [0.1, 0.15) is 11.8 Å². The SMILES string of the molecule is CCNC(=O)[C@@H]1C[C@H](N)CN1C(=O)C1(c2ccc(OC)cc2)CCCC1. The number of nitrogens with zero attached hydrogens (tertiary/aromatic N) is 1. The Bertz CT molecular complexity index is 653. The van der Waals surface area contributed by atoms with Gasteiger partial charge in [0.05, 0.1) is 12.5 Å². The fourth-order valence-electron chi connectivity index (χ4n) is 4.42. The quantitative estimate of drug-likeness (QED) is 0.836. The van der Waals surface area contributed by atoms with E-state index in [2.05, 4.69) is 5.32 Å². The second kappa shape index (κ2) is 7.66. The predicted molar refractivity (Wildman–Crippen MR) is 99.9 cm³/mol. The van der Waals surface area contributed by atoms with Gasteiger partial charge in [-0.15, -0.1) is 0 Å². The number of rotatable bonds is 5. The third-order valence-corrected chi connectivity index (χ3v) is 5.76. The standard InChI is InChI=1S/C20H29N3O3/c1-3-22-18(24)17-12-15(21)13-23(17)19(25)20(10-4-5-11-20)14-6-8-16(26-2)9-7-14/h6-9,15,17H,3-5,10-13,21H2,1-2H3,(H,22,24)/t15-,17-/m0/s1. The summed E-state index contributed by atoms with van der Waals surface area (Å²) in [5, 5.41) is 2.85. The van der Waals surface area contributed by atoms with Crippen molar-refractivity contribution in [2.24, 2.45) is 5.73 Å². The van der Waals surface area contributed by atoms with E-state index in [-0.39, 0.29) is 17.9 Å². The summed E-state index contributed by atoms with van der Waals surface area (Å²) in [6.07, 6.45) is 4.18. The Morgan fingerprint density at radius 1 is 1.27 bits per heavy atom. The molecule has 6 nitrogen and oxygen atoms in total. The number of likely N-dealkylation sites (tertiary alicyclic amines) is 1. The molecule has 1 aromatic carbocycles. The van der Waals surface area contributed by atoms with Crippen LogP contribution in [-0.2, 0) is 15.0 Å². The molecule has 1 heterocycles. The van der Waals surface area contributed by atoms with E-state index in [9.17, 15) is 9.59 Å². The zero-order chi connectivity index (χ0) is 18.7. The zero-order valence-electron chi connectivity index (χ0n) is 15.7. The largest absolute Gasteiger partial charge is 0.497 e. The predicted octanol–water partition coefficient (Wildman–Crippen LogP) is 1.57. The number of hydrogen-bond donors (Lipinski definition) is 2. The molecule has 3 rings (SSSR count). The van der Waals surface area contributed by atoms with Crippen LogP contribution in [0.5, 0.6) is 5.75 Å². The van der Waals surface area contributed by atoms with Crippen LogP contribution in [0.15, 0.2) is 24.3 Å². The first-order valence-electron chi connectivity index (χ1n) is 9.50. The molecule has 2 amide bonds. The molecule has 2 atom stereocenters. The molecule has 0 spiro atoms. The Balaban J connectivity index is 1.91. The van der Waals surface area contributed by atoms with Gasteiger partial charge in [0.25, 0.3) is 0 Å². The number of likely N-dealkylation sites (N-methyl/N-ethyl adjacent to an activating group) is 1. The minimum Gasteiger partial charge on any atom is -0.497 e. The normalized spacial score (nSPS) is 24.5. The van der Waals surface area contributed by atoms with Crippen molar-refractivity contribution >= 4 is 11.8 Å². The lowest BCUT2D eigenvalue weighted by Crippen LogP contribution is -2.52. The fraction of sp³-hybridized carbons (Fsp3) is 0.600. The highest BCUT2D eigenvalue weighted by molar-refractivity contribution is 5.94. The van der Waals surface area contributed by atoms with Crippen LogP contribution >= 0.6 is 0 Å². The molecule has 1 aliphatic heterocycles. The summed E-state index contributed by atoms with van der Waals surface area (Å²) >= 11 is 0. The van der Waals surface area contributed by atoms with Crippen LogP contribution in [0, 0.1) is 0 Å². The van der Waals surface area contributed by atoms with Gasteiger partial charge in [-0.3, -0.25) is 9.59 Å². The lowest BCUT2D eigenvalue weighted by molar-refractivity contribution is -0.143. The number of nitrogens with one attached hydrogen (secondary N) is 1. The Hall–Kier alpha value is -2.08. The summed E-state index contributed by atoms with van der Waals surface area (Å²) in [4.78, 5) is 27.8. The van der Waals surface area contributed by atoms with Crippen molar-refractivity contribution < 1.29 is 14.3 Å². The summed E-state index contributed by atoms with van der Waals surface area (Å²) in [7, 11) is 1.63. The summed E-state index contributed by atoms with van der Waals surface area (Å²) in [6, 6.07) is 7.16. The van der Waals surface area contributed by atoms with Crippen LogP contribution in [0.2, 0.25) is 0 Å². The molecular weight excluding hydrogens is 330 g/mol. The number of nitrogens with two attached hydrogens (primary N) is 1. The number of carbonyl (C=O) groups is 2. The van der Waals surface area contributed by atoms with Crippen LogP contribution in [0.1, 0.15) is 44.6 Å². The molecule has 142 valence electrons. The minimum atomic E-state index is -0.554. The van der Waals surface area contributed by atoms with Crippen molar-refractivity contribution in [3.05, 3.63) is 29.8 Å². The van der Waals surface area contributed by atoms with Crippen molar-refractivity contribution in [1.82, 2.24) is 10.2 Å². The van der Waals surface area contributed by atoms with E-state index in [1.807, 2.05) is 31.2 Å².